The van der Waals surface area contributed by atoms with Crippen molar-refractivity contribution >= 4 is 27.7 Å². The smallest absolute Gasteiger partial charge is 0.399 e. The fourth-order valence-electron chi connectivity index (χ4n) is 2.15. The molecule has 6 nitrogen and oxygen atoms in total. The van der Waals surface area contributed by atoms with Gasteiger partial charge in [-0.15, -0.1) is 0 Å². The number of halogens is 4. The Kier molecular flexibility index (Phi) is 6.08. The predicted molar refractivity (Wildman–Crippen MR) is 90.8 cm³/mol. The highest BCUT2D eigenvalue weighted by Crippen LogP contribution is 2.34. The molecular weight excluding hydrogens is 407 g/mol. The van der Waals surface area contributed by atoms with Crippen LogP contribution in [0.15, 0.2) is 46.6 Å². The highest BCUT2D eigenvalue weighted by atomic mass is 35.5. The van der Waals surface area contributed by atoms with Crippen molar-refractivity contribution < 1.29 is 26.4 Å². The third-order valence-electron chi connectivity index (χ3n) is 3.43. The molecule has 27 heavy (non-hydrogen) atoms. The minimum Gasteiger partial charge on any atom is -0.399 e. The third-order valence-corrected chi connectivity index (χ3v) is 5.67. The fraction of sp³-hybridized carbons (Fsp3) is 0.188. The summed E-state index contributed by atoms with van der Waals surface area (Å²) in [6, 6.07) is 7.45. The van der Waals surface area contributed by atoms with Crippen molar-refractivity contribution in [3.8, 4) is 6.07 Å². The topological polar surface area (TPSA) is 92.4 Å². The second-order valence-electron chi connectivity index (χ2n) is 5.13. The summed E-state index contributed by atoms with van der Waals surface area (Å²) in [6.45, 7) is 0. The summed E-state index contributed by atoms with van der Waals surface area (Å²) in [5.74, 6) is 0. The van der Waals surface area contributed by atoms with Crippen LogP contribution in [0.1, 0.15) is 22.1 Å². The van der Waals surface area contributed by atoms with Crippen molar-refractivity contribution in [2.75, 3.05) is 7.11 Å². The molecule has 0 radical (unpaired) electrons. The van der Waals surface area contributed by atoms with Gasteiger partial charge >= 0.3 is 6.18 Å². The molecule has 0 fully saturated rings. The Morgan fingerprint density at radius 1 is 1.33 bits per heavy atom. The normalized spacial score (nSPS) is 13.3. The Bertz CT molecular complexity index is 1000. The van der Waals surface area contributed by atoms with Gasteiger partial charge in [-0.2, -0.15) is 18.4 Å². The Labute approximate surface area is 157 Å². The summed E-state index contributed by atoms with van der Waals surface area (Å²) in [5.41, 5.74) is -1.78. The highest BCUT2D eigenvalue weighted by molar-refractivity contribution is 7.92. The molecular formula is C16H11ClF3N3O3S. The molecule has 0 aliphatic heterocycles. The summed E-state index contributed by atoms with van der Waals surface area (Å²) in [7, 11) is -3.35. The third kappa shape index (κ3) is 4.56. The number of nitrogens with zero attached hydrogens (tertiary/aromatic N) is 3. The Hall–Kier alpha value is -2.64. The van der Waals surface area contributed by atoms with Gasteiger partial charge in [0.25, 0.3) is 0 Å². The summed E-state index contributed by atoms with van der Waals surface area (Å²) in [4.78, 5) is 6.99. The molecule has 0 aliphatic rings. The van der Waals surface area contributed by atoms with Crippen molar-refractivity contribution in [1.29, 1.82) is 5.26 Å². The molecule has 0 saturated carbocycles. The van der Waals surface area contributed by atoms with Crippen LogP contribution in [0.25, 0.3) is 0 Å². The lowest BCUT2D eigenvalue weighted by atomic mass is 10.2. The van der Waals surface area contributed by atoms with E-state index in [0.29, 0.717) is 17.3 Å². The van der Waals surface area contributed by atoms with E-state index in [-0.39, 0.29) is 5.56 Å². The number of benzene rings is 1. The summed E-state index contributed by atoms with van der Waals surface area (Å²) >= 11 is 5.78. The second-order valence-corrected chi connectivity index (χ2v) is 7.61. The van der Waals surface area contributed by atoms with Crippen LogP contribution in [0, 0.1) is 11.3 Å². The molecule has 11 heteroatoms. The van der Waals surface area contributed by atoms with Gasteiger partial charge in [0.15, 0.2) is 15.5 Å². The molecule has 1 aromatic carbocycles. The van der Waals surface area contributed by atoms with E-state index in [4.69, 9.17) is 16.9 Å². The average molecular weight is 418 g/mol. The fourth-order valence-corrected chi connectivity index (χ4v) is 3.94. The van der Waals surface area contributed by atoms with Crippen LogP contribution in [-0.4, -0.2) is 26.7 Å². The molecule has 0 bridgehead atoms. The molecule has 0 saturated heterocycles. The summed E-state index contributed by atoms with van der Waals surface area (Å²) < 4.78 is 65.0. The number of rotatable bonds is 5. The molecule has 1 aromatic heterocycles. The van der Waals surface area contributed by atoms with Crippen molar-refractivity contribution in [2.45, 2.75) is 16.3 Å². The van der Waals surface area contributed by atoms with Crippen LogP contribution >= 0.6 is 11.6 Å². The van der Waals surface area contributed by atoms with Gasteiger partial charge in [0.1, 0.15) is 23.3 Å². The Morgan fingerprint density at radius 2 is 1.96 bits per heavy atom. The van der Waals surface area contributed by atoms with Crippen LogP contribution in [0.4, 0.5) is 13.2 Å². The van der Waals surface area contributed by atoms with Gasteiger partial charge in [0.2, 0.25) is 0 Å². The minimum atomic E-state index is -4.83. The number of aromatic nitrogens is 1. The van der Waals surface area contributed by atoms with Crippen LogP contribution in [0.3, 0.4) is 0 Å². The van der Waals surface area contributed by atoms with E-state index in [9.17, 15) is 21.6 Å². The van der Waals surface area contributed by atoms with Crippen molar-refractivity contribution in [1.82, 2.24) is 4.98 Å². The molecule has 0 N–H and O–H groups in total. The number of oxime groups is 1. The number of sulfone groups is 1. The molecule has 2 rings (SSSR count). The molecule has 0 amide bonds. The van der Waals surface area contributed by atoms with E-state index in [1.807, 2.05) is 0 Å². The number of hydrogen-bond donors (Lipinski definition) is 0. The molecule has 142 valence electrons. The average Bonchev–Trinajstić information content (AvgIpc) is 2.62. The van der Waals surface area contributed by atoms with E-state index < -0.39 is 37.4 Å². The lowest BCUT2D eigenvalue weighted by molar-refractivity contribution is -0.138. The molecule has 1 atom stereocenters. The molecule has 1 unspecified atom stereocenters. The Morgan fingerprint density at radius 3 is 2.48 bits per heavy atom. The molecule has 0 aliphatic carbocycles. The number of alkyl halides is 3. The van der Waals surface area contributed by atoms with Crippen molar-refractivity contribution in [3.63, 3.8) is 0 Å². The largest absolute Gasteiger partial charge is 0.417 e. The van der Waals surface area contributed by atoms with E-state index in [2.05, 4.69) is 15.0 Å². The monoisotopic (exact) mass is 417 g/mol. The minimum absolute atomic E-state index is 0.168. The van der Waals surface area contributed by atoms with Crippen molar-refractivity contribution in [2.24, 2.45) is 5.16 Å². The Balaban J connectivity index is 2.70. The van der Waals surface area contributed by atoms with Crippen LogP contribution < -0.4 is 0 Å². The summed E-state index contributed by atoms with van der Waals surface area (Å²) in [5, 5.41) is 11.3. The van der Waals surface area contributed by atoms with Crippen LogP contribution in [0.2, 0.25) is 5.02 Å². The second kappa shape index (κ2) is 7.94. The van der Waals surface area contributed by atoms with Gasteiger partial charge in [0, 0.05) is 11.2 Å². The van der Waals surface area contributed by atoms with Gasteiger partial charge < -0.3 is 4.84 Å². The molecule has 1 heterocycles. The maximum absolute atomic E-state index is 13.0. The maximum Gasteiger partial charge on any atom is 0.417 e. The zero-order chi connectivity index (χ0) is 20.2. The van der Waals surface area contributed by atoms with Gasteiger partial charge in [-0.25, -0.2) is 13.4 Å². The summed E-state index contributed by atoms with van der Waals surface area (Å²) in [6.07, 6.45) is -3.53. The van der Waals surface area contributed by atoms with E-state index in [0.717, 1.165) is 6.21 Å². The lowest BCUT2D eigenvalue weighted by Gasteiger charge is -2.16. The van der Waals surface area contributed by atoms with E-state index >= 15 is 0 Å². The first-order chi connectivity index (χ1) is 12.6. The van der Waals surface area contributed by atoms with Gasteiger partial charge in [-0.05, 0) is 23.8 Å². The highest BCUT2D eigenvalue weighted by Gasteiger charge is 2.36. The van der Waals surface area contributed by atoms with Crippen LogP contribution in [0.5, 0.6) is 0 Å². The van der Waals surface area contributed by atoms with Crippen molar-refractivity contribution in [3.05, 3.63) is 58.4 Å². The maximum atomic E-state index is 13.0. The zero-order valence-electron chi connectivity index (χ0n) is 13.6. The van der Waals surface area contributed by atoms with E-state index in [1.54, 1.807) is 0 Å². The standard InChI is InChI=1S/C16H11ClF3N3O3S/c1-26-23-9-15(10-2-4-12(17)5-3-10)27(24,25)14-6-11(16(18,19)20)8-22-13(14)7-21/h2-6,8-9,15H,1H3/b23-9+. The van der Waals surface area contributed by atoms with Crippen LogP contribution in [-0.2, 0) is 20.9 Å². The number of pyridine rings is 1. The first-order valence-corrected chi connectivity index (χ1v) is 9.07. The van der Waals surface area contributed by atoms with Gasteiger partial charge in [0.05, 0.1) is 11.8 Å². The predicted octanol–water partition coefficient (Wildman–Crippen LogP) is 3.77. The lowest BCUT2D eigenvalue weighted by Crippen LogP contribution is -2.18. The SMILES string of the molecule is CO/N=C/C(c1ccc(Cl)cc1)S(=O)(=O)c1cc(C(F)(F)F)cnc1C#N. The molecule has 2 aromatic rings. The first kappa shape index (κ1) is 20.7. The zero-order valence-corrected chi connectivity index (χ0v) is 15.2. The number of hydrogen-bond acceptors (Lipinski definition) is 6. The van der Waals surface area contributed by atoms with E-state index in [1.165, 1.54) is 37.4 Å². The first-order valence-electron chi connectivity index (χ1n) is 7.14. The van der Waals surface area contributed by atoms with Gasteiger partial charge in [-0.1, -0.05) is 28.9 Å². The molecule has 0 spiro atoms. The van der Waals surface area contributed by atoms with Gasteiger partial charge in [-0.3, -0.25) is 0 Å². The quantitative estimate of drug-likeness (QED) is 0.545. The number of nitriles is 1.